The standard InChI is InChI=1S/C33H42F3N5O3S/c1-21-25-9-8-10-28(29(25)34)33(35,36)18-23-19-40(20-23)13-6-4-3-5-7-14-41-31-27(30(37-21)38-22(2)39-31)17-26(32(41)42)24-11-15-45(43,44)16-12-24/h8-10,17,21,23-24H,3-7,11-16,18-20H2,1-2H3,(H,37,38,39)/t21-/m1/s1/i1D3. The average molecular weight is 649 g/mol. The zero-order valence-electron chi connectivity index (χ0n) is 28.5. The van der Waals surface area contributed by atoms with Gasteiger partial charge in [-0.25, -0.2) is 31.6 Å². The Morgan fingerprint density at radius 3 is 2.47 bits per heavy atom. The van der Waals surface area contributed by atoms with Crippen LogP contribution in [0.3, 0.4) is 0 Å². The number of aryl methyl sites for hydroxylation is 2. The predicted molar refractivity (Wildman–Crippen MR) is 169 cm³/mol. The first kappa shape index (κ1) is 28.3. The zero-order chi connectivity index (χ0) is 34.4. The lowest BCUT2D eigenvalue weighted by atomic mass is 9.88. The molecule has 4 aliphatic heterocycles. The maximum atomic E-state index is 16.1. The van der Waals surface area contributed by atoms with Crippen LogP contribution in [-0.4, -0.2) is 59.0 Å². The van der Waals surface area contributed by atoms with E-state index in [9.17, 15) is 13.2 Å². The van der Waals surface area contributed by atoms with Crippen LogP contribution in [0.25, 0.3) is 11.0 Å². The van der Waals surface area contributed by atoms with E-state index >= 15 is 13.2 Å². The summed E-state index contributed by atoms with van der Waals surface area (Å²) < 4.78 is 98.5. The maximum Gasteiger partial charge on any atom is 0.276 e. The molecular formula is C33H42F3N5O3S. The SMILES string of the molecule is [2H]C([2H])([2H])[C@H]1Nc2nc(C)nc3c2cc(C2CCS(=O)(=O)CC2)c(=O)n3CCCCCCCN2CC(C2)CC(F)(F)c2cccc1c2F. The number of hydrogen-bond acceptors (Lipinski definition) is 7. The van der Waals surface area contributed by atoms with Crippen molar-refractivity contribution < 1.29 is 25.7 Å². The first-order valence-corrected chi connectivity index (χ1v) is 17.7. The Hall–Kier alpha value is -2.99. The molecule has 3 aromatic rings. The topological polar surface area (TPSA) is 97.2 Å². The number of aromatic nitrogens is 3. The molecule has 1 N–H and O–H groups in total. The van der Waals surface area contributed by atoms with Crippen molar-refractivity contribution in [3.8, 4) is 0 Å². The monoisotopic (exact) mass is 648 g/mol. The van der Waals surface area contributed by atoms with Crippen molar-refractivity contribution in [1.29, 1.82) is 0 Å². The van der Waals surface area contributed by atoms with Crippen molar-refractivity contribution in [2.24, 2.45) is 5.92 Å². The summed E-state index contributed by atoms with van der Waals surface area (Å²) in [6.07, 6.45) is 4.32. The molecule has 0 aliphatic carbocycles. The predicted octanol–water partition coefficient (Wildman–Crippen LogP) is 6.08. The number of nitrogens with one attached hydrogen (secondary N) is 1. The Labute approximate surface area is 266 Å². The maximum absolute atomic E-state index is 16.1. The van der Waals surface area contributed by atoms with Crippen molar-refractivity contribution in [2.75, 3.05) is 36.5 Å². The zero-order valence-corrected chi connectivity index (χ0v) is 26.3. The molecule has 4 aliphatic rings. The minimum atomic E-state index is -3.51. The highest BCUT2D eigenvalue weighted by molar-refractivity contribution is 7.91. The Bertz CT molecular complexity index is 1830. The van der Waals surface area contributed by atoms with E-state index < -0.39 is 52.0 Å². The fourth-order valence-corrected chi connectivity index (χ4v) is 8.54. The van der Waals surface area contributed by atoms with Crippen LogP contribution < -0.4 is 10.9 Å². The normalized spacial score (nSPS) is 27.3. The molecule has 8 nitrogen and oxygen atoms in total. The van der Waals surface area contributed by atoms with E-state index in [1.54, 1.807) is 17.6 Å². The van der Waals surface area contributed by atoms with Crippen molar-refractivity contribution in [3.63, 3.8) is 0 Å². The molecule has 1 atom stereocenters. The quantitative estimate of drug-likeness (QED) is 0.342. The summed E-state index contributed by atoms with van der Waals surface area (Å²) >= 11 is 0. The van der Waals surface area contributed by atoms with Gasteiger partial charge in [0.25, 0.3) is 11.5 Å². The van der Waals surface area contributed by atoms with Crippen molar-refractivity contribution >= 4 is 26.7 Å². The summed E-state index contributed by atoms with van der Waals surface area (Å²) in [4.78, 5) is 25.2. The number of benzene rings is 1. The van der Waals surface area contributed by atoms with Gasteiger partial charge in [0.05, 0.1) is 28.5 Å². The number of halogens is 3. The van der Waals surface area contributed by atoms with Crippen LogP contribution in [0.5, 0.6) is 0 Å². The number of hydrogen-bond donors (Lipinski definition) is 1. The van der Waals surface area contributed by atoms with E-state index in [0.717, 1.165) is 38.3 Å². The fourth-order valence-electron chi connectivity index (χ4n) is 7.05. The minimum absolute atomic E-state index is 0.0223. The molecule has 8 bridgehead atoms. The van der Waals surface area contributed by atoms with Gasteiger partial charge in [-0.3, -0.25) is 9.36 Å². The van der Waals surface area contributed by atoms with E-state index in [1.165, 1.54) is 12.1 Å². The molecule has 0 spiro atoms. The number of rotatable bonds is 1. The van der Waals surface area contributed by atoms with E-state index in [2.05, 4.69) is 20.2 Å². The van der Waals surface area contributed by atoms with Gasteiger partial charge in [-0.05, 0) is 63.9 Å². The van der Waals surface area contributed by atoms with E-state index in [-0.39, 0.29) is 59.0 Å². The number of sulfone groups is 1. The summed E-state index contributed by atoms with van der Waals surface area (Å²) in [5.74, 6) is -5.29. The third-order valence-corrected chi connectivity index (χ3v) is 11.2. The van der Waals surface area contributed by atoms with Crippen LogP contribution >= 0.6 is 0 Å². The van der Waals surface area contributed by atoms with E-state index in [4.69, 9.17) is 4.11 Å². The minimum Gasteiger partial charge on any atom is -0.363 e. The second kappa shape index (κ2) is 12.7. The van der Waals surface area contributed by atoms with Crippen molar-refractivity contribution in [2.45, 2.75) is 89.6 Å². The first-order chi connectivity index (χ1) is 22.6. The smallest absolute Gasteiger partial charge is 0.276 e. The highest BCUT2D eigenvalue weighted by Gasteiger charge is 2.41. The molecule has 7 rings (SSSR count). The Morgan fingerprint density at radius 1 is 1.02 bits per heavy atom. The van der Waals surface area contributed by atoms with Gasteiger partial charge < -0.3 is 10.2 Å². The Kier molecular flexibility index (Phi) is 7.95. The number of alkyl halides is 2. The highest BCUT2D eigenvalue weighted by Crippen LogP contribution is 2.41. The van der Waals surface area contributed by atoms with Crippen molar-refractivity contribution in [1.82, 2.24) is 19.4 Å². The second-order valence-electron chi connectivity index (χ2n) is 12.9. The fraction of sp³-hybridized carbons (Fsp3) is 0.606. The largest absolute Gasteiger partial charge is 0.363 e. The van der Waals surface area contributed by atoms with Gasteiger partial charge >= 0.3 is 0 Å². The van der Waals surface area contributed by atoms with Gasteiger partial charge in [-0.2, -0.15) is 0 Å². The summed E-state index contributed by atoms with van der Waals surface area (Å²) in [7, 11) is -3.21. The molecule has 2 fully saturated rings. The third kappa shape index (κ3) is 6.77. The van der Waals surface area contributed by atoms with Crippen LogP contribution in [-0.2, 0) is 22.3 Å². The second-order valence-corrected chi connectivity index (χ2v) is 15.2. The van der Waals surface area contributed by atoms with Crippen molar-refractivity contribution in [3.05, 3.63) is 63.0 Å². The van der Waals surface area contributed by atoms with Crippen LogP contribution in [0.2, 0.25) is 0 Å². The molecular weight excluding hydrogens is 603 g/mol. The third-order valence-electron chi connectivity index (χ3n) is 9.53. The van der Waals surface area contributed by atoms with Gasteiger partial charge in [-0.1, -0.05) is 37.5 Å². The lowest BCUT2D eigenvalue weighted by Crippen LogP contribution is -2.48. The van der Waals surface area contributed by atoms with E-state index in [1.807, 2.05) is 0 Å². The van der Waals surface area contributed by atoms with Gasteiger partial charge in [-0.15, -0.1) is 0 Å². The Balaban J connectivity index is 1.49. The average Bonchev–Trinajstić information content (AvgIpc) is 2.98. The molecule has 12 heteroatoms. The molecule has 45 heavy (non-hydrogen) atoms. The molecule has 2 saturated heterocycles. The van der Waals surface area contributed by atoms with E-state index in [0.29, 0.717) is 37.0 Å². The molecule has 6 heterocycles. The molecule has 0 saturated carbocycles. The molecule has 244 valence electrons. The van der Waals surface area contributed by atoms with Gasteiger partial charge in [0, 0.05) is 41.3 Å². The summed E-state index contributed by atoms with van der Waals surface area (Å²) in [6.45, 7) is 0.845. The van der Waals surface area contributed by atoms with Crippen LogP contribution in [0.1, 0.15) is 96.8 Å². The highest BCUT2D eigenvalue weighted by atomic mass is 32.2. The number of fused-ring (bicyclic) bond motifs is 8. The first-order valence-electron chi connectivity index (χ1n) is 17.4. The lowest BCUT2D eigenvalue weighted by Gasteiger charge is -2.41. The molecule has 0 unspecified atom stereocenters. The van der Waals surface area contributed by atoms with Crippen LogP contribution in [0.4, 0.5) is 19.0 Å². The van der Waals surface area contributed by atoms with Crippen LogP contribution in [0, 0.1) is 18.7 Å². The number of anilines is 1. The summed E-state index contributed by atoms with van der Waals surface area (Å²) in [6, 6.07) is 3.29. The van der Waals surface area contributed by atoms with Gasteiger partial charge in [0.2, 0.25) is 0 Å². The molecule has 0 radical (unpaired) electrons. The molecule has 2 aromatic heterocycles. The summed E-state index contributed by atoms with van der Waals surface area (Å²) in [5.41, 5.74) is -0.908. The number of pyridine rings is 1. The molecule has 1 aromatic carbocycles. The summed E-state index contributed by atoms with van der Waals surface area (Å²) in [5, 5.41) is 3.18. The van der Waals surface area contributed by atoms with Crippen LogP contribution in [0.15, 0.2) is 29.1 Å². The lowest BCUT2D eigenvalue weighted by molar-refractivity contribution is -0.0592. The number of nitrogens with zero attached hydrogens (tertiary/aromatic N) is 4. The van der Waals surface area contributed by atoms with Gasteiger partial charge in [0.15, 0.2) is 0 Å². The van der Waals surface area contributed by atoms with Gasteiger partial charge in [0.1, 0.15) is 32.9 Å². The Morgan fingerprint density at radius 2 is 1.73 bits per heavy atom. The molecule has 0 amide bonds.